The van der Waals surface area contributed by atoms with Gasteiger partial charge in [-0.25, -0.2) is 9.31 Å². The average Bonchev–Trinajstić information content (AvgIpc) is 2.99. The Hall–Kier alpha value is -2.96. The highest BCUT2D eigenvalue weighted by atomic mass is 16.5. The molecule has 3 aromatic rings. The predicted molar refractivity (Wildman–Crippen MR) is 74.1 cm³/mol. The van der Waals surface area contributed by atoms with E-state index in [2.05, 4.69) is 14.8 Å². The Morgan fingerprint density at radius 2 is 2.14 bits per heavy atom. The number of fused-ring (bicyclic) bond motifs is 1. The lowest BCUT2D eigenvalue weighted by molar-refractivity contribution is 0.0600. The zero-order valence-electron chi connectivity index (χ0n) is 11.3. The lowest BCUT2D eigenvalue weighted by Gasteiger charge is -2.06. The second-order valence-corrected chi connectivity index (χ2v) is 4.42. The maximum Gasteiger partial charge on any atom is 0.339 e. The fraction of sp³-hybridized carbons (Fsp3) is 0.143. The smallest absolute Gasteiger partial charge is 0.339 e. The van der Waals surface area contributed by atoms with Crippen molar-refractivity contribution >= 4 is 11.5 Å². The minimum Gasteiger partial charge on any atom is -0.465 e. The van der Waals surface area contributed by atoms with Gasteiger partial charge >= 0.3 is 5.97 Å². The van der Waals surface area contributed by atoms with Crippen LogP contribution in [0.3, 0.4) is 0 Å². The standard InChI is InChI=1S/C14H12N4O3/c1-21-14(20)10-2-3-11(15-8-10)9-17-6-7-18-12(13(17)19)4-5-16-18/h2-8H,9H2,1H3. The van der Waals surface area contributed by atoms with Gasteiger partial charge in [-0.2, -0.15) is 5.10 Å². The van der Waals surface area contributed by atoms with Gasteiger partial charge < -0.3 is 9.30 Å². The Bertz CT molecular complexity index is 849. The maximum atomic E-state index is 12.2. The van der Waals surface area contributed by atoms with Crippen LogP contribution in [-0.4, -0.2) is 32.2 Å². The highest BCUT2D eigenvalue weighted by Crippen LogP contribution is 2.04. The Kier molecular flexibility index (Phi) is 3.23. The summed E-state index contributed by atoms with van der Waals surface area (Å²) in [6.07, 6.45) is 6.37. The lowest BCUT2D eigenvalue weighted by atomic mass is 10.2. The summed E-state index contributed by atoms with van der Waals surface area (Å²) in [5.41, 5.74) is 1.41. The van der Waals surface area contributed by atoms with Gasteiger partial charge in [0.15, 0.2) is 0 Å². The molecule has 0 spiro atoms. The Morgan fingerprint density at radius 3 is 2.86 bits per heavy atom. The number of nitrogens with zero attached hydrogens (tertiary/aromatic N) is 4. The van der Waals surface area contributed by atoms with Crippen molar-refractivity contribution in [3.05, 3.63) is 64.6 Å². The van der Waals surface area contributed by atoms with Gasteiger partial charge in [0.25, 0.3) is 5.56 Å². The second-order valence-electron chi connectivity index (χ2n) is 4.42. The van der Waals surface area contributed by atoms with E-state index in [0.29, 0.717) is 23.3 Å². The number of carbonyl (C=O) groups is 1. The first-order valence-electron chi connectivity index (χ1n) is 6.25. The molecular weight excluding hydrogens is 272 g/mol. The minimum atomic E-state index is -0.438. The molecule has 0 amide bonds. The average molecular weight is 284 g/mol. The minimum absolute atomic E-state index is 0.145. The molecule has 0 fully saturated rings. The first-order chi connectivity index (χ1) is 10.2. The van der Waals surface area contributed by atoms with Gasteiger partial charge in [-0.05, 0) is 18.2 Å². The molecule has 0 radical (unpaired) electrons. The van der Waals surface area contributed by atoms with Gasteiger partial charge in [0.1, 0.15) is 5.52 Å². The van der Waals surface area contributed by atoms with E-state index in [1.807, 2.05) is 0 Å². The Morgan fingerprint density at radius 1 is 1.29 bits per heavy atom. The quantitative estimate of drug-likeness (QED) is 0.662. The SMILES string of the molecule is COC(=O)c1ccc(Cn2ccn3nccc3c2=O)nc1. The number of pyridine rings is 1. The molecule has 0 aliphatic rings. The monoisotopic (exact) mass is 284 g/mol. The molecular formula is C14H12N4O3. The number of hydrogen-bond acceptors (Lipinski definition) is 5. The largest absolute Gasteiger partial charge is 0.465 e. The second kappa shape index (κ2) is 5.20. The van der Waals surface area contributed by atoms with Crippen molar-refractivity contribution < 1.29 is 9.53 Å². The number of ether oxygens (including phenoxy) is 1. The van der Waals surface area contributed by atoms with Crippen molar-refractivity contribution in [3.8, 4) is 0 Å². The third-order valence-corrected chi connectivity index (χ3v) is 3.12. The molecule has 0 bridgehead atoms. The van der Waals surface area contributed by atoms with Crippen molar-refractivity contribution in [1.82, 2.24) is 19.2 Å². The van der Waals surface area contributed by atoms with E-state index in [9.17, 15) is 9.59 Å². The van der Waals surface area contributed by atoms with E-state index < -0.39 is 5.97 Å². The van der Waals surface area contributed by atoms with Crippen LogP contribution in [-0.2, 0) is 11.3 Å². The summed E-state index contributed by atoms with van der Waals surface area (Å²) in [7, 11) is 1.32. The van der Waals surface area contributed by atoms with Crippen LogP contribution in [0.2, 0.25) is 0 Å². The molecule has 0 aromatic carbocycles. The molecule has 21 heavy (non-hydrogen) atoms. The fourth-order valence-corrected chi connectivity index (χ4v) is 2.02. The van der Waals surface area contributed by atoms with E-state index in [1.165, 1.54) is 22.4 Å². The third-order valence-electron chi connectivity index (χ3n) is 3.12. The van der Waals surface area contributed by atoms with Crippen LogP contribution < -0.4 is 5.56 Å². The summed E-state index contributed by atoms with van der Waals surface area (Å²) in [6, 6.07) is 4.97. The van der Waals surface area contributed by atoms with Gasteiger partial charge in [0.2, 0.25) is 0 Å². The number of aromatic nitrogens is 4. The summed E-state index contributed by atoms with van der Waals surface area (Å²) in [4.78, 5) is 27.7. The van der Waals surface area contributed by atoms with E-state index in [1.54, 1.807) is 36.8 Å². The first-order valence-corrected chi connectivity index (χ1v) is 6.25. The van der Waals surface area contributed by atoms with Gasteiger partial charge in [0, 0.05) is 18.6 Å². The molecule has 0 saturated carbocycles. The van der Waals surface area contributed by atoms with Crippen molar-refractivity contribution in [2.75, 3.05) is 7.11 Å². The van der Waals surface area contributed by atoms with Crippen molar-refractivity contribution in [2.24, 2.45) is 0 Å². The summed E-state index contributed by atoms with van der Waals surface area (Å²) in [6.45, 7) is 0.321. The number of rotatable bonds is 3. The van der Waals surface area contributed by atoms with Crippen LogP contribution in [0.1, 0.15) is 16.1 Å². The Balaban J connectivity index is 1.90. The Labute approximate surface area is 119 Å². The van der Waals surface area contributed by atoms with Crippen LogP contribution in [0, 0.1) is 0 Å². The topological polar surface area (TPSA) is 78.5 Å². The first kappa shape index (κ1) is 13.0. The molecule has 7 heteroatoms. The lowest BCUT2D eigenvalue weighted by Crippen LogP contribution is -2.22. The van der Waals surface area contributed by atoms with Gasteiger partial charge in [-0.15, -0.1) is 0 Å². The van der Waals surface area contributed by atoms with Crippen molar-refractivity contribution in [1.29, 1.82) is 0 Å². The normalized spacial score (nSPS) is 10.7. The summed E-state index contributed by atoms with van der Waals surface area (Å²) in [5, 5.41) is 4.00. The van der Waals surface area contributed by atoms with E-state index >= 15 is 0 Å². The van der Waals surface area contributed by atoms with Crippen LogP contribution in [0.25, 0.3) is 5.52 Å². The molecule has 0 aliphatic carbocycles. The maximum absolute atomic E-state index is 12.2. The molecule has 106 valence electrons. The van der Waals surface area contributed by atoms with E-state index in [4.69, 9.17) is 0 Å². The highest BCUT2D eigenvalue weighted by Gasteiger charge is 2.07. The molecule has 3 aromatic heterocycles. The number of hydrogen-bond donors (Lipinski definition) is 0. The molecule has 3 rings (SSSR count). The fourth-order valence-electron chi connectivity index (χ4n) is 2.02. The molecule has 0 saturated heterocycles. The molecule has 3 heterocycles. The predicted octanol–water partition coefficient (Wildman–Crippen LogP) is 0.726. The van der Waals surface area contributed by atoms with E-state index in [0.717, 1.165) is 0 Å². The molecule has 0 atom stereocenters. The molecule has 7 nitrogen and oxygen atoms in total. The zero-order chi connectivity index (χ0) is 14.8. The molecule has 0 N–H and O–H groups in total. The molecule has 0 unspecified atom stereocenters. The highest BCUT2D eigenvalue weighted by molar-refractivity contribution is 5.88. The van der Waals surface area contributed by atoms with Crippen LogP contribution in [0.15, 0.2) is 47.8 Å². The van der Waals surface area contributed by atoms with Gasteiger partial charge in [0.05, 0.1) is 31.1 Å². The van der Waals surface area contributed by atoms with Crippen LogP contribution in [0.4, 0.5) is 0 Å². The molecule has 0 aliphatic heterocycles. The summed E-state index contributed by atoms with van der Waals surface area (Å²) >= 11 is 0. The number of esters is 1. The van der Waals surface area contributed by atoms with Gasteiger partial charge in [-0.1, -0.05) is 0 Å². The van der Waals surface area contributed by atoms with Crippen molar-refractivity contribution in [2.45, 2.75) is 6.54 Å². The zero-order valence-corrected chi connectivity index (χ0v) is 11.3. The summed E-state index contributed by atoms with van der Waals surface area (Å²) in [5.74, 6) is -0.438. The van der Waals surface area contributed by atoms with Crippen molar-refractivity contribution in [3.63, 3.8) is 0 Å². The third kappa shape index (κ3) is 2.40. The van der Waals surface area contributed by atoms with Crippen LogP contribution >= 0.6 is 0 Å². The van der Waals surface area contributed by atoms with E-state index in [-0.39, 0.29) is 5.56 Å². The van der Waals surface area contributed by atoms with Gasteiger partial charge in [-0.3, -0.25) is 9.78 Å². The summed E-state index contributed by atoms with van der Waals surface area (Å²) < 4.78 is 7.67. The number of methoxy groups -OCH3 is 1. The van der Waals surface area contributed by atoms with Crippen LogP contribution in [0.5, 0.6) is 0 Å². The number of carbonyl (C=O) groups excluding carboxylic acids is 1.